The lowest BCUT2D eigenvalue weighted by Crippen LogP contribution is -2.14. The number of hydrogen-bond acceptors (Lipinski definition) is 3. The summed E-state index contributed by atoms with van der Waals surface area (Å²) in [6, 6.07) is 8.16. The van der Waals surface area contributed by atoms with E-state index in [-0.39, 0.29) is 11.5 Å². The summed E-state index contributed by atoms with van der Waals surface area (Å²) in [7, 11) is 3.24. The van der Waals surface area contributed by atoms with Gasteiger partial charge in [0.2, 0.25) is 0 Å². The molecule has 1 aromatic carbocycles. The number of aromatic nitrogens is 1. The largest absolute Gasteiger partial charge is 0.416 e. The second kappa shape index (κ2) is 5.95. The molecule has 0 radical (unpaired) electrons. The topological polar surface area (TPSA) is 64.9 Å². The van der Waals surface area contributed by atoms with Gasteiger partial charge in [-0.2, -0.15) is 13.2 Å². The fourth-order valence-corrected chi connectivity index (χ4v) is 1.81. The number of rotatable bonds is 3. The fourth-order valence-electron chi connectivity index (χ4n) is 1.81. The summed E-state index contributed by atoms with van der Waals surface area (Å²) in [5, 5.41) is 3.42. The second-order valence-corrected chi connectivity index (χ2v) is 4.73. The van der Waals surface area contributed by atoms with Gasteiger partial charge >= 0.3 is 6.18 Å². The van der Waals surface area contributed by atoms with Crippen LogP contribution in [0.2, 0.25) is 0 Å². The molecule has 0 aliphatic heterocycles. The number of anilines is 1. The highest BCUT2D eigenvalue weighted by Gasteiger charge is 2.32. The SMILES string of the molecule is CN(C)c1cc(C(F)(F)F)cc(-c2ccc(N=[N+]=[N-])cc2)n1. The molecule has 0 amide bonds. The molecule has 2 rings (SSSR count). The van der Waals surface area contributed by atoms with Crippen LogP contribution in [0.5, 0.6) is 0 Å². The first-order valence-electron chi connectivity index (χ1n) is 6.23. The van der Waals surface area contributed by atoms with E-state index in [0.29, 0.717) is 11.3 Å². The van der Waals surface area contributed by atoms with E-state index in [0.717, 1.165) is 12.1 Å². The highest BCUT2D eigenvalue weighted by Crippen LogP contribution is 2.34. The highest BCUT2D eigenvalue weighted by atomic mass is 19.4. The van der Waals surface area contributed by atoms with E-state index in [1.807, 2.05) is 0 Å². The quantitative estimate of drug-likeness (QED) is 0.465. The maximum absolute atomic E-state index is 13.0. The van der Waals surface area contributed by atoms with Gasteiger partial charge in [-0.1, -0.05) is 29.4 Å². The molecule has 0 unspecified atom stereocenters. The van der Waals surface area contributed by atoms with Gasteiger partial charge in [0.05, 0.1) is 11.3 Å². The van der Waals surface area contributed by atoms with Crippen molar-refractivity contribution in [1.82, 2.24) is 4.98 Å². The summed E-state index contributed by atoms with van der Waals surface area (Å²) in [5.74, 6) is 0.212. The van der Waals surface area contributed by atoms with Gasteiger partial charge in [0.25, 0.3) is 0 Å². The van der Waals surface area contributed by atoms with Gasteiger partial charge in [-0.15, -0.1) is 0 Å². The molecule has 0 aliphatic rings. The Bertz CT molecular complexity index is 716. The van der Waals surface area contributed by atoms with Crippen molar-refractivity contribution in [3.8, 4) is 11.3 Å². The van der Waals surface area contributed by atoms with E-state index in [1.165, 1.54) is 17.0 Å². The predicted molar refractivity (Wildman–Crippen MR) is 77.8 cm³/mol. The number of nitrogens with zero attached hydrogens (tertiary/aromatic N) is 5. The van der Waals surface area contributed by atoms with Gasteiger partial charge in [-0.25, -0.2) is 4.98 Å². The third-order valence-corrected chi connectivity index (χ3v) is 2.92. The molecule has 0 spiro atoms. The minimum atomic E-state index is -4.45. The maximum Gasteiger partial charge on any atom is 0.416 e. The Morgan fingerprint density at radius 3 is 2.27 bits per heavy atom. The van der Waals surface area contributed by atoms with Crippen LogP contribution in [0.3, 0.4) is 0 Å². The van der Waals surface area contributed by atoms with Crippen LogP contribution < -0.4 is 4.90 Å². The van der Waals surface area contributed by atoms with E-state index in [4.69, 9.17) is 5.53 Å². The Morgan fingerprint density at radius 1 is 1.14 bits per heavy atom. The van der Waals surface area contributed by atoms with E-state index in [1.54, 1.807) is 26.2 Å². The molecule has 1 aromatic heterocycles. The first-order chi connectivity index (χ1) is 10.3. The summed E-state index contributed by atoms with van der Waals surface area (Å²) in [6.07, 6.45) is -4.45. The van der Waals surface area contributed by atoms with Crippen molar-refractivity contribution in [2.24, 2.45) is 5.11 Å². The van der Waals surface area contributed by atoms with Crippen LogP contribution in [0.25, 0.3) is 21.7 Å². The Hall–Kier alpha value is -2.73. The standard InChI is InChI=1S/C14H12F3N5/c1-22(2)13-8-10(14(15,16)17)7-12(19-13)9-3-5-11(6-4-9)20-21-18/h3-8H,1-2H3. The van der Waals surface area contributed by atoms with Crippen molar-refractivity contribution in [3.05, 3.63) is 52.4 Å². The smallest absolute Gasteiger partial charge is 0.363 e. The van der Waals surface area contributed by atoms with E-state index < -0.39 is 11.7 Å². The van der Waals surface area contributed by atoms with Crippen LogP contribution in [0.4, 0.5) is 24.7 Å². The zero-order valence-corrected chi connectivity index (χ0v) is 11.8. The minimum absolute atomic E-state index is 0.200. The molecule has 1 heterocycles. The minimum Gasteiger partial charge on any atom is -0.363 e. The second-order valence-electron chi connectivity index (χ2n) is 4.73. The monoisotopic (exact) mass is 307 g/mol. The zero-order valence-electron chi connectivity index (χ0n) is 11.8. The van der Waals surface area contributed by atoms with Crippen LogP contribution in [0, 0.1) is 0 Å². The van der Waals surface area contributed by atoms with Crippen LogP contribution >= 0.6 is 0 Å². The number of halogens is 3. The maximum atomic E-state index is 13.0. The Balaban J connectivity index is 2.53. The molecule has 0 aliphatic carbocycles. The first kappa shape index (κ1) is 15.7. The first-order valence-corrected chi connectivity index (χ1v) is 6.23. The average molecular weight is 307 g/mol. The zero-order chi connectivity index (χ0) is 16.3. The molecule has 0 saturated carbocycles. The predicted octanol–water partition coefficient (Wildman–Crippen LogP) is 4.78. The third-order valence-electron chi connectivity index (χ3n) is 2.92. The Labute approximate surface area is 124 Å². The van der Waals surface area contributed by atoms with E-state index in [2.05, 4.69) is 15.0 Å². The summed E-state index contributed by atoms with van der Waals surface area (Å²) in [6.45, 7) is 0. The highest BCUT2D eigenvalue weighted by molar-refractivity contribution is 5.65. The lowest BCUT2D eigenvalue weighted by atomic mass is 10.1. The van der Waals surface area contributed by atoms with Crippen LogP contribution in [0.15, 0.2) is 41.5 Å². The number of azide groups is 1. The Kier molecular flexibility index (Phi) is 4.23. The fraction of sp³-hybridized carbons (Fsp3) is 0.214. The molecule has 0 atom stereocenters. The average Bonchev–Trinajstić information content (AvgIpc) is 2.47. The Morgan fingerprint density at radius 2 is 1.77 bits per heavy atom. The van der Waals surface area contributed by atoms with Gasteiger partial charge in [-0.3, -0.25) is 0 Å². The molecule has 0 saturated heterocycles. The molecule has 114 valence electrons. The van der Waals surface area contributed by atoms with Crippen LogP contribution in [-0.2, 0) is 6.18 Å². The van der Waals surface area contributed by atoms with Gasteiger partial charge in [-0.05, 0) is 17.7 Å². The lowest BCUT2D eigenvalue weighted by Gasteiger charge is -2.16. The van der Waals surface area contributed by atoms with Crippen LogP contribution in [0.1, 0.15) is 5.56 Å². The van der Waals surface area contributed by atoms with Gasteiger partial charge < -0.3 is 4.90 Å². The summed E-state index contributed by atoms with van der Waals surface area (Å²) >= 11 is 0. The van der Waals surface area contributed by atoms with Crippen molar-refractivity contribution >= 4 is 11.5 Å². The van der Waals surface area contributed by atoms with Crippen LogP contribution in [-0.4, -0.2) is 19.1 Å². The summed E-state index contributed by atoms with van der Waals surface area (Å²) in [5.41, 5.74) is 8.67. The number of benzene rings is 1. The van der Waals surface area contributed by atoms with E-state index in [9.17, 15) is 13.2 Å². The third kappa shape index (κ3) is 3.48. The van der Waals surface area contributed by atoms with Gasteiger partial charge in [0, 0.05) is 30.3 Å². The number of alkyl halides is 3. The summed E-state index contributed by atoms with van der Waals surface area (Å²) < 4.78 is 39.0. The summed E-state index contributed by atoms with van der Waals surface area (Å²) in [4.78, 5) is 8.37. The van der Waals surface area contributed by atoms with Gasteiger partial charge in [0.1, 0.15) is 5.82 Å². The van der Waals surface area contributed by atoms with Crippen molar-refractivity contribution < 1.29 is 13.2 Å². The van der Waals surface area contributed by atoms with Crippen molar-refractivity contribution in [2.75, 3.05) is 19.0 Å². The molecule has 0 bridgehead atoms. The molecular formula is C14H12F3N5. The lowest BCUT2D eigenvalue weighted by molar-refractivity contribution is -0.137. The molecule has 8 heteroatoms. The van der Waals surface area contributed by atoms with Crippen molar-refractivity contribution in [1.29, 1.82) is 0 Å². The van der Waals surface area contributed by atoms with Crippen molar-refractivity contribution in [3.63, 3.8) is 0 Å². The molecule has 5 nitrogen and oxygen atoms in total. The van der Waals surface area contributed by atoms with E-state index >= 15 is 0 Å². The van der Waals surface area contributed by atoms with Gasteiger partial charge in [0.15, 0.2) is 0 Å². The molecule has 0 fully saturated rings. The normalized spacial score (nSPS) is 11.0. The van der Waals surface area contributed by atoms with Crippen molar-refractivity contribution in [2.45, 2.75) is 6.18 Å². The molecule has 2 aromatic rings. The number of pyridine rings is 1. The number of hydrogen-bond donors (Lipinski definition) is 0. The molecule has 22 heavy (non-hydrogen) atoms. The molecule has 0 N–H and O–H groups in total. The molecular weight excluding hydrogens is 295 g/mol.